The molecule has 0 bridgehead atoms. The second kappa shape index (κ2) is 6.01. The van der Waals surface area contributed by atoms with Gasteiger partial charge in [0.2, 0.25) is 0 Å². The highest BCUT2D eigenvalue weighted by Crippen LogP contribution is 2.20. The zero-order valence-corrected chi connectivity index (χ0v) is 13.5. The second-order valence-corrected chi connectivity index (χ2v) is 5.99. The largest absolute Gasteiger partial charge is 0.368 e. The van der Waals surface area contributed by atoms with Crippen LogP contribution in [-0.2, 0) is 7.05 Å². The van der Waals surface area contributed by atoms with E-state index in [-0.39, 0.29) is 5.91 Å². The third kappa shape index (κ3) is 2.95. The minimum Gasteiger partial charge on any atom is -0.368 e. The maximum atomic E-state index is 12.6. The van der Waals surface area contributed by atoms with Crippen molar-refractivity contribution in [3.8, 4) is 0 Å². The maximum absolute atomic E-state index is 12.6. The summed E-state index contributed by atoms with van der Waals surface area (Å²) in [6.45, 7) is 4.97. The van der Waals surface area contributed by atoms with Crippen molar-refractivity contribution in [2.75, 3.05) is 31.1 Å². The average Bonchev–Trinajstić information content (AvgIpc) is 2.86. The highest BCUT2D eigenvalue weighted by Gasteiger charge is 2.24. The van der Waals surface area contributed by atoms with Crippen LogP contribution in [0.1, 0.15) is 16.2 Å². The quantitative estimate of drug-likeness (QED) is 0.853. The molecule has 1 aromatic heterocycles. The smallest absolute Gasteiger partial charge is 0.272 e. The summed E-state index contributed by atoms with van der Waals surface area (Å²) in [6.07, 6.45) is 0. The van der Waals surface area contributed by atoms with Gasteiger partial charge in [0.25, 0.3) is 5.91 Å². The van der Waals surface area contributed by atoms with Crippen LogP contribution in [0, 0.1) is 6.92 Å². The zero-order chi connectivity index (χ0) is 15.7. The highest BCUT2D eigenvalue weighted by atomic mass is 35.5. The van der Waals surface area contributed by atoms with Crippen molar-refractivity contribution in [1.82, 2.24) is 14.7 Å². The minimum atomic E-state index is 0.0545. The standard InChI is InChI=1S/C16H19ClN4O/c1-12-11-15(19(2)18-12)16(22)21-9-7-20(8-10-21)14-5-3-13(17)4-6-14/h3-6,11H,7-10H2,1-2H3. The lowest BCUT2D eigenvalue weighted by Gasteiger charge is -2.36. The summed E-state index contributed by atoms with van der Waals surface area (Å²) in [4.78, 5) is 16.7. The van der Waals surface area contributed by atoms with E-state index in [2.05, 4.69) is 10.00 Å². The van der Waals surface area contributed by atoms with E-state index in [1.165, 1.54) is 0 Å². The van der Waals surface area contributed by atoms with E-state index < -0.39 is 0 Å². The molecule has 1 aliphatic rings. The number of aromatic nitrogens is 2. The van der Waals surface area contributed by atoms with Gasteiger partial charge in [0.05, 0.1) is 5.69 Å². The Morgan fingerprint density at radius 2 is 1.77 bits per heavy atom. The monoisotopic (exact) mass is 318 g/mol. The van der Waals surface area contributed by atoms with Crippen LogP contribution in [0.5, 0.6) is 0 Å². The van der Waals surface area contributed by atoms with Gasteiger partial charge in [-0.15, -0.1) is 0 Å². The summed E-state index contributed by atoms with van der Waals surface area (Å²) in [6, 6.07) is 9.67. The molecular weight excluding hydrogens is 300 g/mol. The van der Waals surface area contributed by atoms with Crippen molar-refractivity contribution in [2.24, 2.45) is 7.05 Å². The Labute approximate surface area is 135 Å². The molecule has 22 heavy (non-hydrogen) atoms. The van der Waals surface area contributed by atoms with Gasteiger partial charge in [-0.3, -0.25) is 9.48 Å². The molecule has 6 heteroatoms. The van der Waals surface area contributed by atoms with Gasteiger partial charge in [-0.25, -0.2) is 0 Å². The summed E-state index contributed by atoms with van der Waals surface area (Å²) >= 11 is 5.92. The van der Waals surface area contributed by atoms with Crippen LogP contribution in [0.2, 0.25) is 5.02 Å². The van der Waals surface area contributed by atoms with Gasteiger partial charge in [0.15, 0.2) is 0 Å². The van der Waals surface area contributed by atoms with Gasteiger partial charge >= 0.3 is 0 Å². The van der Waals surface area contributed by atoms with Crippen LogP contribution >= 0.6 is 11.6 Å². The van der Waals surface area contributed by atoms with Crippen molar-refractivity contribution >= 4 is 23.2 Å². The Bertz CT molecular complexity index is 672. The number of amides is 1. The fourth-order valence-electron chi connectivity index (χ4n) is 2.79. The van der Waals surface area contributed by atoms with E-state index in [9.17, 15) is 4.79 Å². The third-order valence-electron chi connectivity index (χ3n) is 3.98. The molecule has 0 spiro atoms. The lowest BCUT2D eigenvalue weighted by Crippen LogP contribution is -2.49. The summed E-state index contributed by atoms with van der Waals surface area (Å²) < 4.78 is 1.66. The van der Waals surface area contributed by atoms with Crippen molar-refractivity contribution in [3.05, 3.63) is 46.7 Å². The molecule has 116 valence electrons. The van der Waals surface area contributed by atoms with E-state index in [1.54, 1.807) is 4.68 Å². The number of benzene rings is 1. The number of anilines is 1. The van der Waals surface area contributed by atoms with E-state index in [0.29, 0.717) is 18.8 Å². The normalized spacial score (nSPS) is 15.2. The van der Waals surface area contributed by atoms with Gasteiger partial charge in [-0.05, 0) is 37.3 Å². The Morgan fingerprint density at radius 3 is 2.32 bits per heavy atom. The number of carbonyl (C=O) groups is 1. The number of nitrogens with zero attached hydrogens (tertiary/aromatic N) is 4. The van der Waals surface area contributed by atoms with Crippen molar-refractivity contribution in [2.45, 2.75) is 6.92 Å². The third-order valence-corrected chi connectivity index (χ3v) is 4.23. The fourth-order valence-corrected chi connectivity index (χ4v) is 2.92. The fraction of sp³-hybridized carbons (Fsp3) is 0.375. The van der Waals surface area contributed by atoms with E-state index >= 15 is 0 Å². The summed E-state index contributed by atoms with van der Waals surface area (Å²) in [5, 5.41) is 4.98. The molecule has 0 N–H and O–H groups in total. The summed E-state index contributed by atoms with van der Waals surface area (Å²) in [5.74, 6) is 0.0545. The number of piperazine rings is 1. The molecule has 1 aliphatic heterocycles. The summed E-state index contributed by atoms with van der Waals surface area (Å²) in [7, 11) is 1.81. The van der Waals surface area contributed by atoms with E-state index in [1.807, 2.05) is 49.2 Å². The molecule has 0 saturated carbocycles. The lowest BCUT2D eigenvalue weighted by atomic mass is 10.2. The predicted molar refractivity (Wildman–Crippen MR) is 87.5 cm³/mol. The first-order valence-corrected chi connectivity index (χ1v) is 7.73. The van der Waals surface area contributed by atoms with Crippen LogP contribution in [0.25, 0.3) is 0 Å². The van der Waals surface area contributed by atoms with Crippen molar-refractivity contribution < 1.29 is 4.79 Å². The maximum Gasteiger partial charge on any atom is 0.272 e. The van der Waals surface area contributed by atoms with Crippen molar-refractivity contribution in [1.29, 1.82) is 0 Å². The zero-order valence-electron chi connectivity index (χ0n) is 12.8. The molecule has 0 atom stereocenters. The molecule has 1 amide bonds. The number of hydrogen-bond acceptors (Lipinski definition) is 3. The molecule has 0 aliphatic carbocycles. The molecule has 2 heterocycles. The Morgan fingerprint density at radius 1 is 1.14 bits per heavy atom. The van der Waals surface area contributed by atoms with Crippen LogP contribution in [0.15, 0.2) is 30.3 Å². The minimum absolute atomic E-state index is 0.0545. The lowest BCUT2D eigenvalue weighted by molar-refractivity contribution is 0.0735. The van der Waals surface area contributed by atoms with E-state index in [0.717, 1.165) is 29.5 Å². The average molecular weight is 319 g/mol. The first-order chi connectivity index (χ1) is 10.5. The Hall–Kier alpha value is -2.01. The molecule has 5 nitrogen and oxygen atoms in total. The van der Waals surface area contributed by atoms with E-state index in [4.69, 9.17) is 11.6 Å². The molecular formula is C16H19ClN4O. The van der Waals surface area contributed by atoms with Gasteiger partial charge in [-0.2, -0.15) is 5.10 Å². The first-order valence-electron chi connectivity index (χ1n) is 7.35. The molecule has 1 saturated heterocycles. The Kier molecular flexibility index (Phi) is 4.07. The van der Waals surface area contributed by atoms with Crippen LogP contribution in [-0.4, -0.2) is 46.8 Å². The molecule has 0 unspecified atom stereocenters. The molecule has 1 fully saturated rings. The first kappa shape index (κ1) is 14.9. The molecule has 3 rings (SSSR count). The van der Waals surface area contributed by atoms with Gasteiger partial charge in [0.1, 0.15) is 5.69 Å². The topological polar surface area (TPSA) is 41.4 Å². The highest BCUT2D eigenvalue weighted by molar-refractivity contribution is 6.30. The van der Waals surface area contributed by atoms with Gasteiger partial charge < -0.3 is 9.80 Å². The number of aryl methyl sites for hydroxylation is 2. The van der Waals surface area contributed by atoms with Crippen molar-refractivity contribution in [3.63, 3.8) is 0 Å². The number of rotatable bonds is 2. The summed E-state index contributed by atoms with van der Waals surface area (Å²) in [5.41, 5.74) is 2.66. The second-order valence-electron chi connectivity index (χ2n) is 5.55. The Balaban J connectivity index is 1.65. The number of halogens is 1. The number of carbonyl (C=O) groups excluding carboxylic acids is 1. The van der Waals surface area contributed by atoms with Crippen LogP contribution in [0.3, 0.4) is 0 Å². The molecule has 1 aromatic carbocycles. The molecule has 2 aromatic rings. The molecule has 0 radical (unpaired) electrons. The number of hydrogen-bond donors (Lipinski definition) is 0. The van der Waals surface area contributed by atoms with Crippen LogP contribution in [0.4, 0.5) is 5.69 Å². The van der Waals surface area contributed by atoms with Gasteiger partial charge in [0, 0.05) is 43.9 Å². The van der Waals surface area contributed by atoms with Gasteiger partial charge in [-0.1, -0.05) is 11.6 Å². The SMILES string of the molecule is Cc1cc(C(=O)N2CCN(c3ccc(Cl)cc3)CC2)n(C)n1. The van der Waals surface area contributed by atoms with Crippen LogP contribution < -0.4 is 4.90 Å². The predicted octanol–water partition coefficient (Wildman–Crippen LogP) is 2.34.